The molecule has 0 aromatic heterocycles. The number of amides is 2. The Morgan fingerprint density at radius 1 is 1.33 bits per heavy atom. The Bertz CT molecular complexity index is 459. The van der Waals surface area contributed by atoms with Crippen LogP contribution < -0.4 is 5.32 Å². The third kappa shape index (κ3) is 2.89. The summed E-state index contributed by atoms with van der Waals surface area (Å²) in [7, 11) is 0. The molecule has 4 nitrogen and oxygen atoms in total. The number of carbonyl (C=O) groups is 2. The van der Waals surface area contributed by atoms with Crippen molar-refractivity contribution >= 4 is 34.4 Å². The lowest BCUT2D eigenvalue weighted by Crippen LogP contribution is -2.57. The van der Waals surface area contributed by atoms with E-state index >= 15 is 0 Å². The number of benzene rings is 1. The quantitative estimate of drug-likeness (QED) is 0.659. The minimum atomic E-state index is -0.230. The second kappa shape index (κ2) is 5.79. The highest BCUT2D eigenvalue weighted by atomic mass is 127. The van der Waals surface area contributed by atoms with Crippen LogP contribution in [0, 0.1) is 3.57 Å². The van der Waals surface area contributed by atoms with Gasteiger partial charge in [0.1, 0.15) is 0 Å². The van der Waals surface area contributed by atoms with Crippen molar-refractivity contribution in [3.05, 3.63) is 33.4 Å². The van der Waals surface area contributed by atoms with Crippen LogP contribution in [0.3, 0.4) is 0 Å². The van der Waals surface area contributed by atoms with E-state index in [1.807, 2.05) is 31.2 Å². The molecule has 0 aliphatic carbocycles. The van der Waals surface area contributed by atoms with Gasteiger partial charge in [-0.15, -0.1) is 0 Å². The van der Waals surface area contributed by atoms with Crippen LogP contribution in [-0.4, -0.2) is 29.3 Å². The lowest BCUT2D eigenvalue weighted by molar-refractivity contribution is -0.150. The number of halogens is 1. The molecule has 1 aromatic rings. The molecule has 18 heavy (non-hydrogen) atoms. The summed E-state index contributed by atoms with van der Waals surface area (Å²) in [4.78, 5) is 25.2. The van der Waals surface area contributed by atoms with Gasteiger partial charge in [0.25, 0.3) is 0 Å². The molecule has 1 unspecified atom stereocenters. The van der Waals surface area contributed by atoms with E-state index in [-0.39, 0.29) is 24.4 Å². The Morgan fingerprint density at radius 2 is 2.00 bits per heavy atom. The van der Waals surface area contributed by atoms with Gasteiger partial charge in [-0.3, -0.25) is 19.8 Å². The Hall–Kier alpha value is -0.950. The van der Waals surface area contributed by atoms with Crippen LogP contribution in [0.4, 0.5) is 0 Å². The molecule has 0 saturated carbocycles. The first-order valence-corrected chi connectivity index (χ1v) is 7.01. The van der Waals surface area contributed by atoms with Crippen LogP contribution in [-0.2, 0) is 16.1 Å². The molecule has 1 heterocycles. The summed E-state index contributed by atoms with van der Waals surface area (Å²) in [5, 5.41) is 2.95. The van der Waals surface area contributed by atoms with Gasteiger partial charge < -0.3 is 0 Å². The molecule has 2 rings (SSSR count). The molecule has 0 bridgehead atoms. The molecule has 1 aliphatic rings. The van der Waals surface area contributed by atoms with E-state index in [4.69, 9.17) is 0 Å². The number of rotatable bonds is 3. The van der Waals surface area contributed by atoms with Crippen molar-refractivity contribution in [2.45, 2.75) is 25.9 Å². The number of hydrogen-bond acceptors (Lipinski definition) is 3. The van der Waals surface area contributed by atoms with E-state index < -0.39 is 0 Å². The lowest BCUT2D eigenvalue weighted by Gasteiger charge is -2.31. The predicted molar refractivity (Wildman–Crippen MR) is 76.8 cm³/mol. The van der Waals surface area contributed by atoms with Gasteiger partial charge in [-0.25, -0.2) is 0 Å². The molecule has 1 fully saturated rings. The van der Waals surface area contributed by atoms with Gasteiger partial charge >= 0.3 is 0 Å². The van der Waals surface area contributed by atoms with Crippen molar-refractivity contribution in [1.82, 2.24) is 10.2 Å². The fourth-order valence-electron chi connectivity index (χ4n) is 1.96. The monoisotopic (exact) mass is 358 g/mol. The van der Waals surface area contributed by atoms with Gasteiger partial charge in [-0.2, -0.15) is 0 Å². The van der Waals surface area contributed by atoms with E-state index in [9.17, 15) is 9.59 Å². The summed E-state index contributed by atoms with van der Waals surface area (Å²) in [6, 6.07) is 7.62. The highest BCUT2D eigenvalue weighted by Gasteiger charge is 2.32. The maximum atomic E-state index is 12.1. The molecular weight excluding hydrogens is 343 g/mol. The topological polar surface area (TPSA) is 49.4 Å². The Morgan fingerprint density at radius 3 is 2.61 bits per heavy atom. The summed E-state index contributed by atoms with van der Waals surface area (Å²) < 4.78 is 1.14. The molecule has 1 N–H and O–H groups in total. The van der Waals surface area contributed by atoms with Crippen molar-refractivity contribution in [2.75, 3.05) is 6.54 Å². The zero-order chi connectivity index (χ0) is 13.1. The van der Waals surface area contributed by atoms with E-state index in [1.54, 1.807) is 0 Å². The SMILES string of the molecule is CCC1NCC(=O)N(Cc2ccc(I)cc2)C1=O. The van der Waals surface area contributed by atoms with Gasteiger partial charge in [0.2, 0.25) is 11.8 Å². The standard InChI is InChI=1S/C13H15IN2O2/c1-2-11-13(18)16(12(17)7-15-11)8-9-3-5-10(14)6-4-9/h3-6,11,15H,2,7-8H2,1H3. The summed E-state index contributed by atoms with van der Waals surface area (Å²) in [6.07, 6.45) is 0.704. The largest absolute Gasteiger partial charge is 0.297 e. The summed E-state index contributed by atoms with van der Waals surface area (Å²) in [6.45, 7) is 2.55. The maximum absolute atomic E-state index is 12.1. The Labute approximate surface area is 120 Å². The van der Waals surface area contributed by atoms with Crippen LogP contribution in [0.5, 0.6) is 0 Å². The molecule has 1 aliphatic heterocycles. The van der Waals surface area contributed by atoms with Crippen molar-refractivity contribution in [1.29, 1.82) is 0 Å². The number of nitrogens with zero attached hydrogens (tertiary/aromatic N) is 1. The summed E-state index contributed by atoms with van der Waals surface area (Å²) >= 11 is 2.23. The first-order chi connectivity index (χ1) is 8.61. The highest BCUT2D eigenvalue weighted by molar-refractivity contribution is 14.1. The maximum Gasteiger partial charge on any atom is 0.246 e. The Kier molecular flexibility index (Phi) is 4.34. The van der Waals surface area contributed by atoms with Crippen LogP contribution in [0.2, 0.25) is 0 Å². The van der Waals surface area contributed by atoms with Crippen molar-refractivity contribution in [2.24, 2.45) is 0 Å². The molecule has 0 radical (unpaired) electrons. The number of imide groups is 1. The third-order valence-corrected chi connectivity index (χ3v) is 3.75. The molecule has 1 atom stereocenters. The molecule has 1 saturated heterocycles. The Balaban J connectivity index is 2.13. The normalized spacial score (nSPS) is 20.3. The number of nitrogens with one attached hydrogen (secondary N) is 1. The molecular formula is C13H15IN2O2. The fraction of sp³-hybridized carbons (Fsp3) is 0.385. The highest BCUT2D eigenvalue weighted by Crippen LogP contribution is 2.13. The number of piperazine rings is 1. The van der Waals surface area contributed by atoms with Crippen LogP contribution >= 0.6 is 22.6 Å². The third-order valence-electron chi connectivity index (χ3n) is 3.03. The lowest BCUT2D eigenvalue weighted by atomic mass is 10.1. The molecule has 0 spiro atoms. The summed E-state index contributed by atoms with van der Waals surface area (Å²) in [5.41, 5.74) is 0.980. The van der Waals surface area contributed by atoms with Gasteiger partial charge in [-0.05, 0) is 46.7 Å². The molecule has 1 aromatic carbocycles. The average molecular weight is 358 g/mol. The van der Waals surface area contributed by atoms with Gasteiger partial charge in [0, 0.05) is 3.57 Å². The minimum absolute atomic E-state index is 0.118. The van der Waals surface area contributed by atoms with Gasteiger partial charge in [0.15, 0.2) is 0 Å². The first kappa shape index (κ1) is 13.5. The van der Waals surface area contributed by atoms with Crippen molar-refractivity contribution < 1.29 is 9.59 Å². The zero-order valence-electron chi connectivity index (χ0n) is 10.1. The second-order valence-electron chi connectivity index (χ2n) is 4.29. The summed E-state index contributed by atoms with van der Waals surface area (Å²) in [5.74, 6) is -0.268. The average Bonchev–Trinajstić information content (AvgIpc) is 2.37. The van der Waals surface area contributed by atoms with Crippen molar-refractivity contribution in [3.8, 4) is 0 Å². The minimum Gasteiger partial charge on any atom is -0.297 e. The van der Waals surface area contributed by atoms with Crippen LogP contribution in [0.1, 0.15) is 18.9 Å². The van der Waals surface area contributed by atoms with E-state index in [0.29, 0.717) is 13.0 Å². The number of carbonyl (C=O) groups excluding carboxylic acids is 2. The van der Waals surface area contributed by atoms with Crippen LogP contribution in [0.15, 0.2) is 24.3 Å². The van der Waals surface area contributed by atoms with Crippen molar-refractivity contribution in [3.63, 3.8) is 0 Å². The molecule has 2 amide bonds. The van der Waals surface area contributed by atoms with Gasteiger partial charge in [-0.1, -0.05) is 19.1 Å². The zero-order valence-corrected chi connectivity index (χ0v) is 12.3. The van der Waals surface area contributed by atoms with Crippen LogP contribution in [0.25, 0.3) is 0 Å². The molecule has 5 heteroatoms. The van der Waals surface area contributed by atoms with E-state index in [0.717, 1.165) is 9.13 Å². The second-order valence-corrected chi connectivity index (χ2v) is 5.53. The molecule has 96 valence electrons. The fourth-order valence-corrected chi connectivity index (χ4v) is 2.32. The first-order valence-electron chi connectivity index (χ1n) is 5.94. The van der Waals surface area contributed by atoms with E-state index in [2.05, 4.69) is 27.9 Å². The van der Waals surface area contributed by atoms with E-state index in [1.165, 1.54) is 4.90 Å². The predicted octanol–water partition coefficient (Wildman–Crippen LogP) is 1.53. The smallest absolute Gasteiger partial charge is 0.246 e. The number of hydrogen-bond donors (Lipinski definition) is 1. The van der Waals surface area contributed by atoms with Gasteiger partial charge in [0.05, 0.1) is 19.1 Å².